The molecule has 0 aliphatic heterocycles. The molecule has 0 fully saturated rings. The van der Waals surface area contributed by atoms with E-state index in [1.807, 2.05) is 29.8 Å². The van der Waals surface area contributed by atoms with Crippen LogP contribution in [-0.2, 0) is 6.54 Å². The Kier molecular flexibility index (Phi) is 6.13. The molecule has 1 amide bonds. The number of rotatable bonds is 6. The molecule has 0 bridgehead atoms. The fourth-order valence-corrected chi connectivity index (χ4v) is 5.74. The van der Waals surface area contributed by atoms with Crippen LogP contribution < -0.4 is 4.90 Å². The minimum Gasteiger partial charge on any atom is -0.337 e. The van der Waals surface area contributed by atoms with Gasteiger partial charge in [-0.2, -0.15) is 0 Å². The number of anilines is 1. The highest BCUT2D eigenvalue weighted by Gasteiger charge is 2.25. The van der Waals surface area contributed by atoms with Gasteiger partial charge in [-0.3, -0.25) is 9.69 Å². The Balaban J connectivity index is 1.69. The van der Waals surface area contributed by atoms with Crippen molar-refractivity contribution in [2.24, 2.45) is 0 Å². The van der Waals surface area contributed by atoms with Gasteiger partial charge in [0.15, 0.2) is 5.13 Å². The molecule has 0 spiro atoms. The van der Waals surface area contributed by atoms with Gasteiger partial charge in [0, 0.05) is 25.5 Å². The third kappa shape index (κ3) is 4.29. The van der Waals surface area contributed by atoms with Crippen LogP contribution in [0.2, 0.25) is 13.7 Å². The second-order valence-electron chi connectivity index (χ2n) is 6.39. The summed E-state index contributed by atoms with van der Waals surface area (Å²) in [5.41, 5.74) is 2.19. The van der Waals surface area contributed by atoms with E-state index < -0.39 is 0 Å². The average molecular weight is 486 g/mol. The van der Waals surface area contributed by atoms with Gasteiger partial charge in [-0.25, -0.2) is 9.97 Å². The number of halogens is 3. The fourth-order valence-electron chi connectivity index (χ4n) is 2.95. The van der Waals surface area contributed by atoms with Crippen molar-refractivity contribution in [3.63, 3.8) is 0 Å². The average Bonchev–Trinajstić information content (AvgIpc) is 3.42. The monoisotopic (exact) mass is 484 g/mol. The predicted molar refractivity (Wildman–Crippen MR) is 122 cm³/mol. The van der Waals surface area contributed by atoms with Gasteiger partial charge in [-0.05, 0) is 31.0 Å². The summed E-state index contributed by atoms with van der Waals surface area (Å²) >= 11 is 21.3. The molecule has 0 saturated carbocycles. The van der Waals surface area contributed by atoms with Crippen LogP contribution in [0, 0.1) is 6.92 Å². The van der Waals surface area contributed by atoms with Crippen molar-refractivity contribution in [3.05, 3.63) is 61.7 Å². The summed E-state index contributed by atoms with van der Waals surface area (Å²) in [4.78, 5) is 23.7. The van der Waals surface area contributed by atoms with Crippen LogP contribution in [0.1, 0.15) is 22.3 Å². The van der Waals surface area contributed by atoms with Gasteiger partial charge in [0.1, 0.15) is 4.34 Å². The number of nitrogens with zero attached hydrogens (tertiary/aromatic N) is 4. The van der Waals surface area contributed by atoms with Gasteiger partial charge >= 0.3 is 0 Å². The molecule has 3 heterocycles. The first-order valence-electron chi connectivity index (χ1n) is 8.72. The maximum atomic E-state index is 13.3. The number of carbonyl (C=O) groups excluding carboxylic acids is 1. The standard InChI is InChI=1S/C19H15Cl3N4OS2/c1-11-3-4-13(20)16-15(11)24-19(29-16)26(7-2-6-25-8-5-23-10-25)18(27)12-9-14(21)28-17(12)22/h3-5,8-10H,2,6-7H2,1H3. The smallest absolute Gasteiger partial charge is 0.262 e. The zero-order chi connectivity index (χ0) is 20.5. The summed E-state index contributed by atoms with van der Waals surface area (Å²) in [6.45, 7) is 3.17. The molecule has 3 aromatic heterocycles. The largest absolute Gasteiger partial charge is 0.337 e. The molecule has 0 unspecified atom stereocenters. The Morgan fingerprint density at radius 3 is 2.72 bits per heavy atom. The highest BCUT2D eigenvalue weighted by Crippen LogP contribution is 2.38. The lowest BCUT2D eigenvalue weighted by atomic mass is 10.2. The van der Waals surface area contributed by atoms with Crippen LogP contribution >= 0.6 is 57.5 Å². The molecule has 4 aromatic rings. The van der Waals surface area contributed by atoms with Crippen molar-refractivity contribution in [1.82, 2.24) is 14.5 Å². The van der Waals surface area contributed by atoms with Gasteiger partial charge in [0.2, 0.25) is 0 Å². The third-order valence-corrected chi connectivity index (χ3v) is 7.43. The Morgan fingerprint density at radius 2 is 2.07 bits per heavy atom. The maximum absolute atomic E-state index is 13.3. The van der Waals surface area contributed by atoms with Crippen LogP contribution in [-0.4, -0.2) is 27.0 Å². The van der Waals surface area contributed by atoms with Gasteiger partial charge in [-0.15, -0.1) is 11.3 Å². The Morgan fingerprint density at radius 1 is 1.24 bits per heavy atom. The molecule has 0 aliphatic carbocycles. The van der Waals surface area contributed by atoms with Crippen molar-refractivity contribution in [1.29, 1.82) is 0 Å². The van der Waals surface area contributed by atoms with E-state index in [-0.39, 0.29) is 5.91 Å². The third-order valence-electron chi connectivity index (χ3n) is 4.41. The molecule has 0 radical (unpaired) electrons. The highest BCUT2D eigenvalue weighted by atomic mass is 35.5. The second kappa shape index (κ2) is 8.62. The summed E-state index contributed by atoms with van der Waals surface area (Å²) in [6.07, 6.45) is 6.10. The van der Waals surface area contributed by atoms with Crippen molar-refractivity contribution < 1.29 is 4.79 Å². The van der Waals surface area contributed by atoms with Gasteiger partial charge in [-0.1, -0.05) is 52.2 Å². The summed E-state index contributed by atoms with van der Waals surface area (Å²) < 4.78 is 3.68. The molecule has 10 heteroatoms. The van der Waals surface area contributed by atoms with Crippen LogP contribution in [0.15, 0.2) is 36.9 Å². The van der Waals surface area contributed by atoms with E-state index in [0.29, 0.717) is 30.9 Å². The van der Waals surface area contributed by atoms with Crippen molar-refractivity contribution in [2.75, 3.05) is 11.4 Å². The molecular weight excluding hydrogens is 471 g/mol. The quantitative estimate of drug-likeness (QED) is 0.311. The van der Waals surface area contributed by atoms with Gasteiger partial charge in [0.05, 0.1) is 31.5 Å². The lowest BCUT2D eigenvalue weighted by molar-refractivity contribution is 0.0987. The summed E-state index contributed by atoms with van der Waals surface area (Å²) in [5.74, 6) is -0.225. The molecule has 4 rings (SSSR count). The van der Waals surface area contributed by atoms with Gasteiger partial charge < -0.3 is 4.57 Å². The van der Waals surface area contributed by atoms with E-state index in [1.165, 1.54) is 22.7 Å². The Labute approximate surface area is 190 Å². The number of imidazole rings is 1. The van der Waals surface area contributed by atoms with Gasteiger partial charge in [0.25, 0.3) is 5.91 Å². The summed E-state index contributed by atoms with van der Waals surface area (Å²) in [6, 6.07) is 5.38. The number of thiazole rings is 1. The number of carbonyl (C=O) groups is 1. The molecule has 0 N–H and O–H groups in total. The normalized spacial score (nSPS) is 11.3. The van der Waals surface area contributed by atoms with E-state index in [0.717, 1.165) is 28.7 Å². The maximum Gasteiger partial charge on any atom is 0.262 e. The lowest BCUT2D eigenvalue weighted by Gasteiger charge is -2.19. The fraction of sp³-hybridized carbons (Fsp3) is 0.211. The molecule has 29 heavy (non-hydrogen) atoms. The predicted octanol–water partition coefficient (Wildman–Crippen LogP) is 6.56. The number of fused-ring (bicyclic) bond motifs is 1. The Bertz CT molecular complexity index is 1130. The van der Waals surface area contributed by atoms with E-state index in [2.05, 4.69) is 4.98 Å². The van der Waals surface area contributed by atoms with E-state index in [4.69, 9.17) is 39.8 Å². The summed E-state index contributed by atoms with van der Waals surface area (Å²) in [5, 5.41) is 1.21. The molecule has 150 valence electrons. The number of aromatic nitrogens is 3. The SMILES string of the molecule is Cc1ccc(Cl)c2sc(N(CCCn3ccnc3)C(=O)c3cc(Cl)sc3Cl)nc12. The number of hydrogen-bond acceptors (Lipinski definition) is 5. The Hall–Kier alpha value is -1.64. The van der Waals surface area contributed by atoms with E-state index in [1.54, 1.807) is 23.5 Å². The van der Waals surface area contributed by atoms with Crippen LogP contribution in [0.5, 0.6) is 0 Å². The number of benzene rings is 1. The van der Waals surface area contributed by atoms with Crippen molar-refractivity contribution in [2.45, 2.75) is 19.9 Å². The first-order valence-corrected chi connectivity index (χ1v) is 11.5. The minimum atomic E-state index is -0.225. The zero-order valence-corrected chi connectivity index (χ0v) is 19.1. The second-order valence-corrected chi connectivity index (χ2v) is 10.1. The molecule has 0 atom stereocenters. The number of amides is 1. The summed E-state index contributed by atoms with van der Waals surface area (Å²) in [7, 11) is 0. The van der Waals surface area contributed by atoms with Crippen LogP contribution in [0.25, 0.3) is 10.2 Å². The lowest BCUT2D eigenvalue weighted by Crippen LogP contribution is -2.32. The van der Waals surface area contributed by atoms with Crippen LogP contribution in [0.4, 0.5) is 5.13 Å². The van der Waals surface area contributed by atoms with Crippen molar-refractivity contribution >= 4 is 78.7 Å². The van der Waals surface area contributed by atoms with Crippen molar-refractivity contribution in [3.8, 4) is 0 Å². The molecule has 1 aromatic carbocycles. The molecule has 0 aliphatic rings. The molecule has 5 nitrogen and oxygen atoms in total. The number of aryl methyl sites for hydroxylation is 2. The number of hydrogen-bond donors (Lipinski definition) is 0. The zero-order valence-electron chi connectivity index (χ0n) is 15.2. The first kappa shape index (κ1) is 20.6. The minimum absolute atomic E-state index is 0.225. The van der Waals surface area contributed by atoms with E-state index in [9.17, 15) is 4.79 Å². The topological polar surface area (TPSA) is 51.0 Å². The molecular formula is C19H15Cl3N4OS2. The number of thiophene rings is 1. The van der Waals surface area contributed by atoms with E-state index >= 15 is 0 Å². The molecule has 0 saturated heterocycles. The highest BCUT2D eigenvalue weighted by molar-refractivity contribution is 7.23. The first-order chi connectivity index (χ1) is 13.9. The van der Waals surface area contributed by atoms with Crippen LogP contribution in [0.3, 0.4) is 0 Å².